The SMILES string of the molecule is CN(C)Cc1nc2ccc(NC(=O)C3CCCN3c3ccc(C#N)cc3)cc2[nH]1. The van der Waals surface area contributed by atoms with E-state index < -0.39 is 0 Å². The molecule has 0 aliphatic carbocycles. The van der Waals surface area contributed by atoms with Gasteiger partial charge in [0.15, 0.2) is 0 Å². The van der Waals surface area contributed by atoms with Crippen molar-refractivity contribution in [3.05, 3.63) is 53.9 Å². The average Bonchev–Trinajstić information content (AvgIpc) is 3.34. The van der Waals surface area contributed by atoms with Crippen molar-refractivity contribution in [1.82, 2.24) is 14.9 Å². The number of nitrogens with one attached hydrogen (secondary N) is 2. The van der Waals surface area contributed by atoms with Crippen molar-refractivity contribution in [2.24, 2.45) is 0 Å². The van der Waals surface area contributed by atoms with Crippen LogP contribution in [0.4, 0.5) is 11.4 Å². The molecule has 1 unspecified atom stereocenters. The number of carbonyl (C=O) groups excluding carboxylic acids is 1. The topological polar surface area (TPSA) is 88.1 Å². The number of hydrogen-bond donors (Lipinski definition) is 2. The lowest BCUT2D eigenvalue weighted by atomic mass is 10.1. The summed E-state index contributed by atoms with van der Waals surface area (Å²) in [5, 5.41) is 12.0. The Hall–Kier alpha value is -3.37. The number of aromatic nitrogens is 2. The molecular formula is C22H24N6O. The molecule has 0 saturated carbocycles. The summed E-state index contributed by atoms with van der Waals surface area (Å²) in [6.45, 7) is 1.56. The van der Waals surface area contributed by atoms with Crippen molar-refractivity contribution in [2.75, 3.05) is 30.9 Å². The molecule has 0 radical (unpaired) electrons. The molecule has 4 rings (SSSR count). The third kappa shape index (κ3) is 4.08. The van der Waals surface area contributed by atoms with Crippen LogP contribution in [0.2, 0.25) is 0 Å². The van der Waals surface area contributed by atoms with Crippen LogP contribution in [0.3, 0.4) is 0 Å². The predicted molar refractivity (Wildman–Crippen MR) is 114 cm³/mol. The Kier molecular flexibility index (Phi) is 5.19. The highest BCUT2D eigenvalue weighted by Crippen LogP contribution is 2.27. The van der Waals surface area contributed by atoms with Crippen molar-refractivity contribution in [3.63, 3.8) is 0 Å². The Labute approximate surface area is 170 Å². The molecule has 2 heterocycles. The molecule has 0 bridgehead atoms. The molecule has 7 nitrogen and oxygen atoms in total. The molecule has 2 N–H and O–H groups in total. The van der Waals surface area contributed by atoms with Crippen molar-refractivity contribution in [3.8, 4) is 6.07 Å². The van der Waals surface area contributed by atoms with E-state index >= 15 is 0 Å². The summed E-state index contributed by atoms with van der Waals surface area (Å²) >= 11 is 0. The maximum absolute atomic E-state index is 13.0. The number of fused-ring (bicyclic) bond motifs is 1. The Balaban J connectivity index is 1.49. The van der Waals surface area contributed by atoms with E-state index in [1.165, 1.54) is 0 Å². The first-order valence-corrected chi connectivity index (χ1v) is 9.74. The zero-order valence-electron chi connectivity index (χ0n) is 16.6. The zero-order valence-corrected chi connectivity index (χ0v) is 16.6. The van der Waals surface area contributed by atoms with Gasteiger partial charge < -0.3 is 20.1 Å². The molecule has 1 saturated heterocycles. The second-order valence-corrected chi connectivity index (χ2v) is 7.65. The summed E-state index contributed by atoms with van der Waals surface area (Å²) in [6, 6.07) is 15.1. The Bertz CT molecular complexity index is 1060. The van der Waals surface area contributed by atoms with Crippen molar-refractivity contribution in [1.29, 1.82) is 5.26 Å². The minimum Gasteiger partial charge on any atom is -0.360 e. The first-order chi connectivity index (χ1) is 14.0. The monoisotopic (exact) mass is 388 g/mol. The van der Waals surface area contributed by atoms with Crippen LogP contribution in [0.1, 0.15) is 24.2 Å². The number of H-pyrrole nitrogens is 1. The average molecular weight is 388 g/mol. The number of nitriles is 1. The summed E-state index contributed by atoms with van der Waals surface area (Å²) in [5.41, 5.74) is 4.15. The molecule has 2 aromatic carbocycles. The summed E-state index contributed by atoms with van der Waals surface area (Å²) in [6.07, 6.45) is 1.77. The summed E-state index contributed by atoms with van der Waals surface area (Å²) in [5.74, 6) is 0.885. The number of carbonyl (C=O) groups is 1. The van der Waals surface area contributed by atoms with E-state index in [0.717, 1.165) is 54.2 Å². The minimum absolute atomic E-state index is 0.0146. The number of nitrogens with zero attached hydrogens (tertiary/aromatic N) is 4. The number of aromatic amines is 1. The molecular weight excluding hydrogens is 364 g/mol. The maximum atomic E-state index is 13.0. The van der Waals surface area contributed by atoms with Crippen LogP contribution in [0.15, 0.2) is 42.5 Å². The molecule has 7 heteroatoms. The van der Waals surface area contributed by atoms with E-state index in [1.54, 1.807) is 12.1 Å². The third-order valence-corrected chi connectivity index (χ3v) is 5.15. The maximum Gasteiger partial charge on any atom is 0.247 e. The molecule has 1 fully saturated rings. The molecule has 3 aromatic rings. The third-order valence-electron chi connectivity index (χ3n) is 5.15. The predicted octanol–water partition coefficient (Wildman–Crippen LogP) is 3.10. The summed E-state index contributed by atoms with van der Waals surface area (Å²) < 4.78 is 0. The van der Waals surface area contributed by atoms with E-state index in [1.807, 2.05) is 44.4 Å². The van der Waals surface area contributed by atoms with Crippen LogP contribution in [-0.2, 0) is 11.3 Å². The van der Waals surface area contributed by atoms with Gasteiger partial charge in [0.1, 0.15) is 11.9 Å². The molecule has 29 heavy (non-hydrogen) atoms. The molecule has 1 amide bonds. The highest BCUT2D eigenvalue weighted by Gasteiger charge is 2.31. The summed E-state index contributed by atoms with van der Waals surface area (Å²) in [4.78, 5) is 25.0. The number of hydrogen-bond acceptors (Lipinski definition) is 5. The van der Waals surface area contributed by atoms with Gasteiger partial charge in [0.2, 0.25) is 5.91 Å². The van der Waals surface area contributed by atoms with E-state index in [9.17, 15) is 4.79 Å². The highest BCUT2D eigenvalue weighted by atomic mass is 16.2. The van der Waals surface area contributed by atoms with E-state index in [0.29, 0.717) is 5.56 Å². The zero-order chi connectivity index (χ0) is 20.4. The van der Waals surface area contributed by atoms with Crippen molar-refractivity contribution >= 4 is 28.3 Å². The number of benzene rings is 2. The van der Waals surface area contributed by atoms with Gasteiger partial charge in [-0.15, -0.1) is 0 Å². The van der Waals surface area contributed by atoms with Crippen LogP contribution >= 0.6 is 0 Å². The van der Waals surface area contributed by atoms with Crippen LogP contribution in [0, 0.1) is 11.3 Å². The fraction of sp³-hybridized carbons (Fsp3) is 0.318. The lowest BCUT2D eigenvalue weighted by Gasteiger charge is -2.26. The smallest absolute Gasteiger partial charge is 0.247 e. The first-order valence-electron chi connectivity index (χ1n) is 9.74. The van der Waals surface area contributed by atoms with Gasteiger partial charge >= 0.3 is 0 Å². The van der Waals surface area contributed by atoms with Gasteiger partial charge in [-0.05, 0) is 69.4 Å². The van der Waals surface area contributed by atoms with Gasteiger partial charge in [-0.3, -0.25) is 4.79 Å². The largest absolute Gasteiger partial charge is 0.360 e. The summed E-state index contributed by atoms with van der Waals surface area (Å²) in [7, 11) is 4.00. The number of imidazole rings is 1. The van der Waals surface area contributed by atoms with Gasteiger partial charge in [-0.2, -0.15) is 5.26 Å². The number of anilines is 2. The number of rotatable bonds is 5. The van der Waals surface area contributed by atoms with Gasteiger partial charge in [0.25, 0.3) is 0 Å². The minimum atomic E-state index is -0.218. The Morgan fingerprint density at radius 2 is 2.10 bits per heavy atom. The second-order valence-electron chi connectivity index (χ2n) is 7.65. The number of amides is 1. The molecule has 148 valence electrons. The normalized spacial score (nSPS) is 16.3. The first kappa shape index (κ1) is 19.0. The quantitative estimate of drug-likeness (QED) is 0.701. The van der Waals surface area contributed by atoms with Gasteiger partial charge in [-0.25, -0.2) is 4.98 Å². The van der Waals surface area contributed by atoms with Gasteiger partial charge in [-0.1, -0.05) is 0 Å². The Morgan fingerprint density at radius 1 is 1.31 bits per heavy atom. The van der Waals surface area contributed by atoms with Crippen LogP contribution in [0.25, 0.3) is 11.0 Å². The lowest BCUT2D eigenvalue weighted by Crippen LogP contribution is -2.39. The molecule has 1 atom stereocenters. The standard InChI is InChI=1S/C22H24N6O/c1-27(2)14-21-25-18-10-7-16(12-19(18)26-21)24-22(29)20-4-3-11-28(20)17-8-5-15(13-23)6-9-17/h5-10,12,20H,3-4,11,14H2,1-2H3,(H,24,29)(H,25,26). The van der Waals surface area contributed by atoms with E-state index in [-0.39, 0.29) is 11.9 Å². The second kappa shape index (κ2) is 7.94. The molecule has 1 aliphatic rings. The van der Waals surface area contributed by atoms with Gasteiger partial charge in [0.05, 0.1) is 29.2 Å². The van der Waals surface area contributed by atoms with Crippen molar-refractivity contribution < 1.29 is 4.79 Å². The van der Waals surface area contributed by atoms with Crippen LogP contribution in [0.5, 0.6) is 0 Å². The van der Waals surface area contributed by atoms with Crippen molar-refractivity contribution in [2.45, 2.75) is 25.4 Å². The van der Waals surface area contributed by atoms with Crippen LogP contribution in [-0.4, -0.2) is 47.5 Å². The Morgan fingerprint density at radius 3 is 2.83 bits per heavy atom. The molecule has 1 aliphatic heterocycles. The fourth-order valence-electron chi connectivity index (χ4n) is 3.82. The van der Waals surface area contributed by atoms with Gasteiger partial charge in [0, 0.05) is 17.9 Å². The lowest BCUT2D eigenvalue weighted by molar-refractivity contribution is -0.117. The fourth-order valence-corrected chi connectivity index (χ4v) is 3.82. The van der Waals surface area contributed by atoms with Crippen LogP contribution < -0.4 is 10.2 Å². The highest BCUT2D eigenvalue weighted by molar-refractivity contribution is 5.98. The molecule has 1 aromatic heterocycles. The van der Waals surface area contributed by atoms with E-state index in [4.69, 9.17) is 5.26 Å². The van der Waals surface area contributed by atoms with E-state index in [2.05, 4.69) is 31.2 Å². The molecule has 0 spiro atoms.